The highest BCUT2D eigenvalue weighted by molar-refractivity contribution is 5.73. The molecule has 2 aromatic heterocycles. The summed E-state index contributed by atoms with van der Waals surface area (Å²) in [5.74, 6) is 0. The van der Waals surface area contributed by atoms with Gasteiger partial charge in [0.15, 0.2) is 5.58 Å². The van der Waals surface area contributed by atoms with E-state index in [1.165, 1.54) is 19.3 Å². The molecule has 1 aliphatic heterocycles. The highest BCUT2D eigenvalue weighted by Gasteiger charge is 2.16. The van der Waals surface area contributed by atoms with E-state index in [0.29, 0.717) is 0 Å². The van der Waals surface area contributed by atoms with Crippen LogP contribution in [0.1, 0.15) is 19.3 Å². The maximum absolute atomic E-state index is 5.66. The van der Waals surface area contributed by atoms with E-state index < -0.39 is 0 Å². The van der Waals surface area contributed by atoms with E-state index in [4.69, 9.17) is 4.42 Å². The first-order valence-corrected chi connectivity index (χ1v) is 5.39. The normalized spacial score (nSPS) is 17.2. The molecule has 0 radical (unpaired) electrons. The van der Waals surface area contributed by atoms with E-state index in [-0.39, 0.29) is 0 Å². The third kappa shape index (κ3) is 1.56. The minimum Gasteiger partial charge on any atom is -0.422 e. The largest absolute Gasteiger partial charge is 0.422 e. The molecule has 0 spiro atoms. The number of rotatable bonds is 1. The lowest BCUT2D eigenvalue weighted by molar-refractivity contribution is 0.509. The predicted molar refractivity (Wildman–Crippen MR) is 57.9 cm³/mol. The van der Waals surface area contributed by atoms with Crippen LogP contribution in [0.25, 0.3) is 11.1 Å². The second kappa shape index (κ2) is 3.53. The molecule has 1 fully saturated rings. The van der Waals surface area contributed by atoms with Crippen LogP contribution in [-0.2, 0) is 0 Å². The van der Waals surface area contributed by atoms with Crippen LogP contribution in [0.2, 0.25) is 0 Å². The first-order chi connectivity index (χ1) is 7.43. The van der Waals surface area contributed by atoms with Crippen molar-refractivity contribution in [2.75, 3.05) is 18.0 Å². The Kier molecular flexibility index (Phi) is 2.05. The van der Waals surface area contributed by atoms with Crippen LogP contribution in [0.15, 0.2) is 22.9 Å². The summed E-state index contributed by atoms with van der Waals surface area (Å²) < 4.78 is 5.66. The lowest BCUT2D eigenvalue weighted by Crippen LogP contribution is -2.29. The van der Waals surface area contributed by atoms with Gasteiger partial charge in [-0.25, -0.2) is 0 Å². The molecule has 0 bridgehead atoms. The van der Waals surface area contributed by atoms with Gasteiger partial charge in [-0.15, -0.1) is 0 Å². The lowest BCUT2D eigenvalue weighted by atomic mass is 10.1. The van der Waals surface area contributed by atoms with E-state index in [2.05, 4.69) is 14.9 Å². The smallest absolute Gasteiger partial charge is 0.298 e. The Morgan fingerprint density at radius 2 is 2.07 bits per heavy atom. The van der Waals surface area contributed by atoms with E-state index >= 15 is 0 Å². The summed E-state index contributed by atoms with van der Waals surface area (Å²) in [5.41, 5.74) is 1.67. The fourth-order valence-electron chi connectivity index (χ4n) is 1.99. The van der Waals surface area contributed by atoms with Gasteiger partial charge in [0, 0.05) is 19.3 Å². The minimum absolute atomic E-state index is 0.748. The summed E-state index contributed by atoms with van der Waals surface area (Å²) in [6, 6.07) is 2.63. The molecule has 0 atom stereocenters. The van der Waals surface area contributed by atoms with Crippen LogP contribution >= 0.6 is 0 Å². The van der Waals surface area contributed by atoms with E-state index in [1.807, 2.05) is 6.07 Å². The molecule has 2 aromatic rings. The first kappa shape index (κ1) is 8.71. The van der Waals surface area contributed by atoms with Crippen LogP contribution < -0.4 is 4.90 Å². The highest BCUT2D eigenvalue weighted by atomic mass is 16.4. The molecule has 0 N–H and O–H groups in total. The second-order valence-corrected chi connectivity index (χ2v) is 3.89. The number of pyridine rings is 1. The van der Waals surface area contributed by atoms with Gasteiger partial charge in [-0.1, -0.05) is 0 Å². The molecule has 0 saturated carbocycles. The standard InChI is InChI=1S/C11H13N3O/c1-2-6-14(7-3-1)11-13-9-4-5-12-8-10(9)15-11/h4-5,8H,1-3,6-7H2. The fourth-order valence-corrected chi connectivity index (χ4v) is 1.99. The number of anilines is 1. The molecule has 0 unspecified atom stereocenters. The predicted octanol–water partition coefficient (Wildman–Crippen LogP) is 2.21. The molecule has 1 aliphatic rings. The number of fused-ring (bicyclic) bond motifs is 1. The van der Waals surface area contributed by atoms with Crippen molar-refractivity contribution in [3.8, 4) is 0 Å². The Labute approximate surface area is 87.9 Å². The van der Waals surface area contributed by atoms with Gasteiger partial charge < -0.3 is 9.32 Å². The summed E-state index contributed by atoms with van der Waals surface area (Å²) in [7, 11) is 0. The van der Waals surface area contributed by atoms with Crippen molar-refractivity contribution in [3.63, 3.8) is 0 Å². The summed E-state index contributed by atoms with van der Waals surface area (Å²) in [6.07, 6.45) is 7.24. The van der Waals surface area contributed by atoms with Gasteiger partial charge in [-0.3, -0.25) is 4.98 Å². The van der Waals surface area contributed by atoms with Gasteiger partial charge in [0.2, 0.25) is 0 Å². The Morgan fingerprint density at radius 3 is 2.87 bits per heavy atom. The number of aromatic nitrogens is 2. The number of nitrogens with zero attached hydrogens (tertiary/aromatic N) is 3. The van der Waals surface area contributed by atoms with Crippen LogP contribution in [0, 0.1) is 0 Å². The van der Waals surface area contributed by atoms with Crippen molar-refractivity contribution in [2.24, 2.45) is 0 Å². The first-order valence-electron chi connectivity index (χ1n) is 5.39. The van der Waals surface area contributed by atoms with Gasteiger partial charge in [-0.2, -0.15) is 4.98 Å². The van der Waals surface area contributed by atoms with Crippen molar-refractivity contribution in [1.29, 1.82) is 0 Å². The number of oxazole rings is 1. The van der Waals surface area contributed by atoms with Crippen LogP contribution in [-0.4, -0.2) is 23.1 Å². The molecule has 4 heteroatoms. The Hall–Kier alpha value is -1.58. The molecule has 4 nitrogen and oxygen atoms in total. The molecule has 1 saturated heterocycles. The van der Waals surface area contributed by atoms with Crippen molar-refractivity contribution >= 4 is 17.1 Å². The zero-order chi connectivity index (χ0) is 10.1. The van der Waals surface area contributed by atoms with Gasteiger partial charge in [0.05, 0.1) is 6.20 Å². The van der Waals surface area contributed by atoms with Crippen LogP contribution in [0.5, 0.6) is 0 Å². The van der Waals surface area contributed by atoms with E-state index in [9.17, 15) is 0 Å². The van der Waals surface area contributed by atoms with Gasteiger partial charge in [0.1, 0.15) is 5.52 Å². The third-order valence-corrected chi connectivity index (χ3v) is 2.81. The lowest BCUT2D eigenvalue weighted by Gasteiger charge is -2.24. The van der Waals surface area contributed by atoms with Crippen molar-refractivity contribution in [2.45, 2.75) is 19.3 Å². The fraction of sp³-hybridized carbons (Fsp3) is 0.455. The SMILES string of the molecule is c1cc2nc(N3CCCCC3)oc2cn1. The average molecular weight is 203 g/mol. The Morgan fingerprint density at radius 1 is 1.20 bits per heavy atom. The van der Waals surface area contributed by atoms with Crippen molar-refractivity contribution in [3.05, 3.63) is 18.5 Å². The monoisotopic (exact) mass is 203 g/mol. The quantitative estimate of drug-likeness (QED) is 0.712. The molecular formula is C11H13N3O. The van der Waals surface area contributed by atoms with Crippen molar-refractivity contribution < 1.29 is 4.42 Å². The summed E-state index contributed by atoms with van der Waals surface area (Å²) in [6.45, 7) is 2.11. The van der Waals surface area contributed by atoms with E-state index in [0.717, 1.165) is 30.2 Å². The third-order valence-electron chi connectivity index (χ3n) is 2.81. The molecule has 78 valence electrons. The van der Waals surface area contributed by atoms with Gasteiger partial charge in [-0.05, 0) is 25.3 Å². The molecule has 3 rings (SSSR count). The summed E-state index contributed by atoms with van der Waals surface area (Å²) >= 11 is 0. The molecule has 0 aromatic carbocycles. The summed E-state index contributed by atoms with van der Waals surface area (Å²) in [4.78, 5) is 10.7. The summed E-state index contributed by atoms with van der Waals surface area (Å²) in [5, 5.41) is 0. The molecular weight excluding hydrogens is 190 g/mol. The van der Waals surface area contributed by atoms with Crippen molar-refractivity contribution in [1.82, 2.24) is 9.97 Å². The minimum atomic E-state index is 0.748. The number of hydrogen-bond donors (Lipinski definition) is 0. The Balaban J connectivity index is 1.96. The van der Waals surface area contributed by atoms with Gasteiger partial charge >= 0.3 is 0 Å². The van der Waals surface area contributed by atoms with Crippen LogP contribution in [0.3, 0.4) is 0 Å². The number of piperidine rings is 1. The average Bonchev–Trinajstić information content (AvgIpc) is 2.74. The topological polar surface area (TPSA) is 42.2 Å². The second-order valence-electron chi connectivity index (χ2n) is 3.89. The van der Waals surface area contributed by atoms with E-state index in [1.54, 1.807) is 12.4 Å². The Bertz CT molecular complexity index is 427. The maximum atomic E-state index is 5.66. The van der Waals surface area contributed by atoms with Crippen LogP contribution in [0.4, 0.5) is 6.01 Å². The van der Waals surface area contributed by atoms with Gasteiger partial charge in [0.25, 0.3) is 6.01 Å². The molecule has 0 amide bonds. The highest BCUT2D eigenvalue weighted by Crippen LogP contribution is 2.23. The zero-order valence-electron chi connectivity index (χ0n) is 8.52. The molecule has 15 heavy (non-hydrogen) atoms. The molecule has 0 aliphatic carbocycles. The zero-order valence-corrected chi connectivity index (χ0v) is 8.52. The maximum Gasteiger partial charge on any atom is 0.298 e. The molecule has 3 heterocycles. The number of hydrogen-bond acceptors (Lipinski definition) is 4.